The molecule has 2 heterocycles. The van der Waals surface area contributed by atoms with E-state index >= 15 is 0 Å². The van der Waals surface area contributed by atoms with Gasteiger partial charge in [-0.05, 0) is 30.7 Å². The molecule has 0 atom stereocenters. The molecule has 0 bridgehead atoms. The first-order valence-corrected chi connectivity index (χ1v) is 9.50. The van der Waals surface area contributed by atoms with Crippen LogP contribution in [0.4, 0.5) is 4.39 Å². The van der Waals surface area contributed by atoms with Crippen LogP contribution >= 0.6 is 0 Å². The number of aliphatic hydroxyl groups excluding tert-OH is 1. The molecule has 1 N–H and O–H groups in total. The zero-order chi connectivity index (χ0) is 21.4. The van der Waals surface area contributed by atoms with Gasteiger partial charge >= 0.3 is 0 Å². The van der Waals surface area contributed by atoms with Crippen LogP contribution in [0.2, 0.25) is 0 Å². The number of halogens is 1. The minimum Gasteiger partial charge on any atom is -0.503 e. The van der Waals surface area contributed by atoms with Crippen molar-refractivity contribution in [1.82, 2.24) is 4.90 Å². The van der Waals surface area contributed by atoms with Crippen molar-refractivity contribution in [3.8, 4) is 11.3 Å². The number of furan rings is 1. The number of carbonyl (C=O) groups excluding carboxylic acids is 2. The second-order valence-corrected chi connectivity index (χ2v) is 7.45. The van der Waals surface area contributed by atoms with E-state index in [1.54, 1.807) is 18.2 Å². The number of nitrogens with zero attached hydrogens (tertiary/aromatic N) is 1. The topological polar surface area (TPSA) is 70.8 Å². The summed E-state index contributed by atoms with van der Waals surface area (Å²) in [5.41, 5.74) is 3.31. The van der Waals surface area contributed by atoms with Crippen molar-refractivity contribution >= 4 is 11.7 Å². The smallest absolute Gasteiger partial charge is 0.289 e. The number of Topliss-reactive ketones (excluding diaryl/α,β-unsaturated/α-hetero) is 1. The maximum Gasteiger partial charge on any atom is 0.289 e. The Bertz CT molecular complexity index is 1160. The normalized spacial score (nSPS) is 14.0. The number of ketones is 1. The fourth-order valence-corrected chi connectivity index (χ4v) is 3.44. The SMILES string of the molecule is Cc1ccc(-c2cc(Cc3ccc(F)cc3)c(C(=O)C3=C(O)C(=O)N(C)C3)o2)cc1. The lowest BCUT2D eigenvalue weighted by molar-refractivity contribution is -0.126. The molecule has 0 saturated heterocycles. The Labute approximate surface area is 173 Å². The van der Waals surface area contributed by atoms with Gasteiger partial charge < -0.3 is 14.4 Å². The van der Waals surface area contributed by atoms with Gasteiger partial charge in [0.05, 0.1) is 12.1 Å². The van der Waals surface area contributed by atoms with Crippen LogP contribution in [0.3, 0.4) is 0 Å². The lowest BCUT2D eigenvalue weighted by atomic mass is 10.00. The molecule has 0 aliphatic carbocycles. The summed E-state index contributed by atoms with van der Waals surface area (Å²) in [5.74, 6) is -1.44. The molecule has 0 saturated carbocycles. The number of rotatable bonds is 5. The summed E-state index contributed by atoms with van der Waals surface area (Å²) >= 11 is 0. The van der Waals surface area contributed by atoms with E-state index in [4.69, 9.17) is 4.42 Å². The van der Waals surface area contributed by atoms with Gasteiger partial charge in [-0.2, -0.15) is 0 Å². The number of benzene rings is 2. The lowest BCUT2D eigenvalue weighted by Gasteiger charge is -2.07. The number of amides is 1. The van der Waals surface area contributed by atoms with Gasteiger partial charge in [-0.3, -0.25) is 9.59 Å². The fourth-order valence-electron chi connectivity index (χ4n) is 3.44. The summed E-state index contributed by atoms with van der Waals surface area (Å²) in [6, 6.07) is 15.5. The van der Waals surface area contributed by atoms with Crippen molar-refractivity contribution < 1.29 is 23.5 Å². The molecule has 2 aromatic carbocycles. The predicted octanol–water partition coefficient (Wildman–Crippen LogP) is 4.45. The number of hydrogen-bond donors (Lipinski definition) is 1. The molecular weight excluding hydrogens is 385 g/mol. The maximum absolute atomic E-state index is 13.3. The highest BCUT2D eigenvalue weighted by molar-refractivity contribution is 6.14. The second kappa shape index (κ2) is 7.63. The number of hydrogen-bond acceptors (Lipinski definition) is 4. The van der Waals surface area contributed by atoms with Crippen LogP contribution in [0.25, 0.3) is 11.3 Å². The minimum absolute atomic E-state index is 0.00709. The van der Waals surface area contributed by atoms with Crippen molar-refractivity contribution in [2.24, 2.45) is 0 Å². The van der Waals surface area contributed by atoms with Crippen molar-refractivity contribution in [3.05, 3.63) is 94.2 Å². The van der Waals surface area contributed by atoms with E-state index in [9.17, 15) is 19.1 Å². The van der Waals surface area contributed by atoms with Crippen molar-refractivity contribution in [2.75, 3.05) is 13.6 Å². The standard InChI is InChI=1S/C24H20FNO4/c1-14-3-7-16(8-4-14)20-12-17(11-15-5-9-18(25)10-6-15)23(30-20)21(27)19-13-26(2)24(29)22(19)28/h3-10,12,28H,11,13H2,1-2H3. The minimum atomic E-state index is -0.594. The summed E-state index contributed by atoms with van der Waals surface area (Å²) < 4.78 is 19.2. The van der Waals surface area contributed by atoms with Gasteiger partial charge in [0.1, 0.15) is 11.6 Å². The van der Waals surface area contributed by atoms with E-state index in [0.717, 1.165) is 16.7 Å². The average molecular weight is 405 g/mol. The summed E-state index contributed by atoms with van der Waals surface area (Å²) in [4.78, 5) is 26.3. The van der Waals surface area contributed by atoms with Crippen molar-refractivity contribution in [3.63, 3.8) is 0 Å². The Kier molecular flexibility index (Phi) is 4.99. The third-order valence-electron chi connectivity index (χ3n) is 5.16. The van der Waals surface area contributed by atoms with Crippen LogP contribution in [0, 0.1) is 12.7 Å². The summed E-state index contributed by atoms with van der Waals surface area (Å²) in [7, 11) is 1.51. The van der Waals surface area contributed by atoms with Crippen LogP contribution in [0.5, 0.6) is 0 Å². The monoisotopic (exact) mass is 405 g/mol. The Morgan fingerprint density at radius 1 is 1.13 bits per heavy atom. The largest absolute Gasteiger partial charge is 0.503 e. The highest BCUT2D eigenvalue weighted by atomic mass is 19.1. The van der Waals surface area contributed by atoms with Crippen LogP contribution in [0.1, 0.15) is 27.2 Å². The Balaban J connectivity index is 1.77. The van der Waals surface area contributed by atoms with Crippen LogP contribution < -0.4 is 0 Å². The molecule has 1 aliphatic heterocycles. The van der Waals surface area contributed by atoms with E-state index in [1.165, 1.54) is 24.1 Å². The van der Waals surface area contributed by atoms with E-state index in [-0.39, 0.29) is 23.7 Å². The number of aliphatic hydroxyl groups is 1. The Morgan fingerprint density at radius 2 is 1.80 bits per heavy atom. The maximum atomic E-state index is 13.3. The molecule has 5 nitrogen and oxygen atoms in total. The van der Waals surface area contributed by atoms with Gasteiger partial charge in [0.15, 0.2) is 11.5 Å². The molecule has 0 spiro atoms. The zero-order valence-electron chi connectivity index (χ0n) is 16.6. The second-order valence-electron chi connectivity index (χ2n) is 7.45. The van der Waals surface area contributed by atoms with E-state index in [1.807, 2.05) is 31.2 Å². The van der Waals surface area contributed by atoms with E-state index < -0.39 is 17.4 Å². The van der Waals surface area contributed by atoms with Crippen LogP contribution in [-0.4, -0.2) is 35.3 Å². The zero-order valence-corrected chi connectivity index (χ0v) is 16.6. The Morgan fingerprint density at radius 3 is 2.40 bits per heavy atom. The molecular formula is C24H20FNO4. The number of likely N-dealkylation sites (N-methyl/N-ethyl adjacent to an activating group) is 1. The van der Waals surface area contributed by atoms with Gasteiger partial charge in [-0.1, -0.05) is 42.0 Å². The van der Waals surface area contributed by atoms with Gasteiger partial charge in [-0.25, -0.2) is 4.39 Å². The van der Waals surface area contributed by atoms with Gasteiger partial charge in [0.2, 0.25) is 5.78 Å². The van der Waals surface area contributed by atoms with Crippen molar-refractivity contribution in [2.45, 2.75) is 13.3 Å². The average Bonchev–Trinajstić information content (AvgIpc) is 3.26. The Hall–Kier alpha value is -3.67. The highest BCUT2D eigenvalue weighted by Crippen LogP contribution is 2.31. The highest BCUT2D eigenvalue weighted by Gasteiger charge is 2.34. The number of aryl methyl sites for hydroxylation is 1. The number of carbonyl (C=O) groups is 2. The molecule has 152 valence electrons. The molecule has 0 fully saturated rings. The first-order valence-electron chi connectivity index (χ1n) is 9.50. The molecule has 1 amide bonds. The molecule has 0 unspecified atom stereocenters. The van der Waals surface area contributed by atoms with Crippen LogP contribution in [-0.2, 0) is 11.2 Å². The lowest BCUT2D eigenvalue weighted by Crippen LogP contribution is -2.22. The summed E-state index contributed by atoms with van der Waals surface area (Å²) in [6.07, 6.45) is 0.342. The molecule has 30 heavy (non-hydrogen) atoms. The molecule has 6 heteroatoms. The van der Waals surface area contributed by atoms with Crippen molar-refractivity contribution in [1.29, 1.82) is 0 Å². The van der Waals surface area contributed by atoms with Crippen LogP contribution in [0.15, 0.2) is 70.3 Å². The summed E-state index contributed by atoms with van der Waals surface area (Å²) in [6.45, 7) is 1.99. The molecule has 1 aromatic heterocycles. The van der Waals surface area contributed by atoms with Gasteiger partial charge in [0.25, 0.3) is 5.91 Å². The molecule has 1 aliphatic rings. The molecule has 3 aromatic rings. The van der Waals surface area contributed by atoms with E-state index in [0.29, 0.717) is 17.7 Å². The quantitative estimate of drug-likeness (QED) is 0.637. The third kappa shape index (κ3) is 3.64. The van der Waals surface area contributed by atoms with Gasteiger partial charge in [0, 0.05) is 24.6 Å². The molecule has 0 radical (unpaired) electrons. The first-order chi connectivity index (χ1) is 14.3. The molecule has 4 rings (SSSR count). The van der Waals surface area contributed by atoms with E-state index in [2.05, 4.69) is 0 Å². The predicted molar refractivity (Wildman–Crippen MR) is 110 cm³/mol. The summed E-state index contributed by atoms with van der Waals surface area (Å²) in [5, 5.41) is 10.1. The fraction of sp³-hybridized carbons (Fsp3) is 0.167. The third-order valence-corrected chi connectivity index (χ3v) is 5.16. The first kappa shape index (κ1) is 19.6. The van der Waals surface area contributed by atoms with Gasteiger partial charge in [-0.15, -0.1) is 0 Å².